The molecule has 0 aromatic heterocycles. The van der Waals surface area contributed by atoms with Crippen LogP contribution in [0.3, 0.4) is 0 Å². The maximum atomic E-state index is 11.3. The van der Waals surface area contributed by atoms with E-state index in [2.05, 4.69) is 6.92 Å². The standard InChI is InChI=1S/C21H44O4S/c1-3-5-6-7-8-9-10-11-13-17-20(22)18-14-12-15-19-21(16-4-2)26(23,24)25/h20-22H,3-19H2,1-2H3,(H,23,24,25). The van der Waals surface area contributed by atoms with Crippen LogP contribution in [0, 0.1) is 0 Å². The Kier molecular flexibility index (Phi) is 16.9. The topological polar surface area (TPSA) is 74.6 Å². The molecule has 0 aliphatic heterocycles. The maximum absolute atomic E-state index is 11.3. The van der Waals surface area contributed by atoms with Gasteiger partial charge in [-0.05, 0) is 25.7 Å². The fraction of sp³-hybridized carbons (Fsp3) is 1.00. The van der Waals surface area contributed by atoms with E-state index in [0.29, 0.717) is 12.8 Å². The van der Waals surface area contributed by atoms with Gasteiger partial charge in [0.2, 0.25) is 0 Å². The SMILES string of the molecule is CCCCCCCCCCCC(O)CCCCCC(CCC)S(=O)(=O)O. The molecule has 2 N–H and O–H groups in total. The Bertz CT molecular complexity index is 395. The molecule has 0 aliphatic carbocycles. The van der Waals surface area contributed by atoms with Gasteiger partial charge in [-0.15, -0.1) is 0 Å². The highest BCUT2D eigenvalue weighted by Gasteiger charge is 2.21. The van der Waals surface area contributed by atoms with Gasteiger partial charge in [-0.25, -0.2) is 0 Å². The molecule has 4 nitrogen and oxygen atoms in total. The van der Waals surface area contributed by atoms with Crippen molar-refractivity contribution in [2.24, 2.45) is 0 Å². The third kappa shape index (κ3) is 16.1. The van der Waals surface area contributed by atoms with E-state index in [1.54, 1.807) is 0 Å². The smallest absolute Gasteiger partial charge is 0.267 e. The summed E-state index contributed by atoms with van der Waals surface area (Å²) in [6, 6.07) is 0. The molecule has 5 heteroatoms. The molecule has 26 heavy (non-hydrogen) atoms. The Morgan fingerprint density at radius 2 is 1.04 bits per heavy atom. The van der Waals surface area contributed by atoms with Crippen molar-refractivity contribution in [1.82, 2.24) is 0 Å². The Balaban J connectivity index is 3.50. The van der Waals surface area contributed by atoms with Crippen molar-refractivity contribution < 1.29 is 18.1 Å². The molecular formula is C21H44O4S. The van der Waals surface area contributed by atoms with Gasteiger partial charge in [0.05, 0.1) is 11.4 Å². The summed E-state index contributed by atoms with van der Waals surface area (Å²) in [4.78, 5) is 0. The first-order valence-electron chi connectivity index (χ1n) is 11.1. The van der Waals surface area contributed by atoms with Crippen LogP contribution in [0.4, 0.5) is 0 Å². The highest BCUT2D eigenvalue weighted by molar-refractivity contribution is 7.86. The van der Waals surface area contributed by atoms with Gasteiger partial charge < -0.3 is 5.11 Å². The molecule has 0 fully saturated rings. The van der Waals surface area contributed by atoms with Gasteiger partial charge in [0.1, 0.15) is 0 Å². The average molecular weight is 393 g/mol. The number of hydrogen-bond acceptors (Lipinski definition) is 3. The largest absolute Gasteiger partial charge is 0.393 e. The zero-order valence-corrected chi connectivity index (χ0v) is 18.1. The first-order chi connectivity index (χ1) is 12.4. The molecule has 0 aromatic carbocycles. The lowest BCUT2D eigenvalue weighted by molar-refractivity contribution is 0.147. The van der Waals surface area contributed by atoms with E-state index in [1.165, 1.54) is 51.4 Å². The molecule has 0 saturated heterocycles. The lowest BCUT2D eigenvalue weighted by Gasteiger charge is -2.13. The van der Waals surface area contributed by atoms with Gasteiger partial charge >= 0.3 is 0 Å². The summed E-state index contributed by atoms with van der Waals surface area (Å²) < 4.78 is 31.7. The first kappa shape index (κ1) is 25.9. The van der Waals surface area contributed by atoms with E-state index in [-0.39, 0.29) is 6.10 Å². The average Bonchev–Trinajstić information content (AvgIpc) is 2.58. The number of hydrogen-bond donors (Lipinski definition) is 2. The second kappa shape index (κ2) is 17.0. The summed E-state index contributed by atoms with van der Waals surface area (Å²) in [6.45, 7) is 4.18. The van der Waals surface area contributed by atoms with Crippen LogP contribution in [-0.4, -0.2) is 29.4 Å². The molecule has 2 atom stereocenters. The van der Waals surface area contributed by atoms with E-state index in [0.717, 1.165) is 44.9 Å². The first-order valence-corrected chi connectivity index (χ1v) is 12.6. The minimum Gasteiger partial charge on any atom is -0.393 e. The second-order valence-corrected chi connectivity index (χ2v) is 9.53. The molecule has 0 aromatic rings. The Labute approximate surface area is 162 Å². The van der Waals surface area contributed by atoms with Crippen molar-refractivity contribution >= 4 is 10.1 Å². The van der Waals surface area contributed by atoms with E-state index in [9.17, 15) is 18.1 Å². The normalized spacial score (nSPS) is 14.5. The molecule has 0 saturated carbocycles. The zero-order chi connectivity index (χ0) is 19.7. The number of unbranched alkanes of at least 4 members (excludes halogenated alkanes) is 10. The van der Waals surface area contributed by atoms with Crippen LogP contribution >= 0.6 is 0 Å². The third-order valence-electron chi connectivity index (χ3n) is 5.24. The van der Waals surface area contributed by atoms with Gasteiger partial charge in [-0.3, -0.25) is 4.55 Å². The lowest BCUT2D eigenvalue weighted by atomic mass is 10.0. The van der Waals surface area contributed by atoms with Crippen molar-refractivity contribution in [1.29, 1.82) is 0 Å². The maximum Gasteiger partial charge on any atom is 0.267 e. The Hall–Kier alpha value is -0.130. The zero-order valence-electron chi connectivity index (χ0n) is 17.3. The lowest BCUT2D eigenvalue weighted by Crippen LogP contribution is -2.20. The third-order valence-corrected chi connectivity index (χ3v) is 6.55. The van der Waals surface area contributed by atoms with E-state index >= 15 is 0 Å². The molecule has 2 unspecified atom stereocenters. The van der Waals surface area contributed by atoms with E-state index in [4.69, 9.17) is 0 Å². The summed E-state index contributed by atoms with van der Waals surface area (Å²) in [7, 11) is -3.91. The van der Waals surface area contributed by atoms with E-state index in [1.807, 2.05) is 6.92 Å². The molecule has 0 aliphatic rings. The highest BCUT2D eigenvalue weighted by Crippen LogP contribution is 2.18. The molecule has 0 spiro atoms. The Morgan fingerprint density at radius 1 is 0.615 bits per heavy atom. The fourth-order valence-electron chi connectivity index (χ4n) is 3.53. The van der Waals surface area contributed by atoms with Gasteiger partial charge in [-0.1, -0.05) is 97.3 Å². The molecule has 0 amide bonds. The van der Waals surface area contributed by atoms with Crippen molar-refractivity contribution in [2.45, 2.75) is 134 Å². The van der Waals surface area contributed by atoms with Crippen LogP contribution < -0.4 is 0 Å². The van der Waals surface area contributed by atoms with Crippen LogP contribution in [0.15, 0.2) is 0 Å². The summed E-state index contributed by atoms with van der Waals surface area (Å²) in [6.07, 6.45) is 17.7. The van der Waals surface area contributed by atoms with Crippen LogP contribution in [0.25, 0.3) is 0 Å². The highest BCUT2D eigenvalue weighted by atomic mass is 32.2. The quantitative estimate of drug-likeness (QED) is 0.200. The Morgan fingerprint density at radius 3 is 1.50 bits per heavy atom. The molecular weight excluding hydrogens is 348 g/mol. The second-order valence-electron chi connectivity index (χ2n) is 7.83. The molecule has 0 bridgehead atoms. The van der Waals surface area contributed by atoms with Crippen molar-refractivity contribution in [3.63, 3.8) is 0 Å². The van der Waals surface area contributed by atoms with E-state index < -0.39 is 15.4 Å². The van der Waals surface area contributed by atoms with Gasteiger partial charge in [-0.2, -0.15) is 8.42 Å². The minimum atomic E-state index is -3.91. The fourth-order valence-corrected chi connectivity index (χ4v) is 4.53. The monoisotopic (exact) mass is 392 g/mol. The number of aliphatic hydroxyl groups excluding tert-OH is 1. The van der Waals surface area contributed by atoms with Gasteiger partial charge in [0.15, 0.2) is 0 Å². The van der Waals surface area contributed by atoms with Crippen LogP contribution in [0.5, 0.6) is 0 Å². The van der Waals surface area contributed by atoms with Gasteiger partial charge in [0.25, 0.3) is 10.1 Å². The molecule has 0 radical (unpaired) electrons. The predicted octanol–water partition coefficient (Wildman–Crippen LogP) is 6.28. The minimum absolute atomic E-state index is 0.215. The number of rotatable bonds is 19. The number of aliphatic hydroxyl groups is 1. The molecule has 158 valence electrons. The van der Waals surface area contributed by atoms with Crippen molar-refractivity contribution in [3.05, 3.63) is 0 Å². The van der Waals surface area contributed by atoms with Crippen molar-refractivity contribution in [3.8, 4) is 0 Å². The summed E-state index contributed by atoms with van der Waals surface area (Å²) in [5.74, 6) is 0. The van der Waals surface area contributed by atoms with Crippen LogP contribution in [0.2, 0.25) is 0 Å². The van der Waals surface area contributed by atoms with Crippen LogP contribution in [0.1, 0.15) is 123 Å². The summed E-state index contributed by atoms with van der Waals surface area (Å²) in [5.41, 5.74) is 0. The summed E-state index contributed by atoms with van der Waals surface area (Å²) in [5, 5.41) is 9.42. The molecule has 0 rings (SSSR count). The molecule has 0 heterocycles. The predicted molar refractivity (Wildman–Crippen MR) is 111 cm³/mol. The summed E-state index contributed by atoms with van der Waals surface area (Å²) >= 11 is 0. The van der Waals surface area contributed by atoms with Crippen LogP contribution in [-0.2, 0) is 10.1 Å². The van der Waals surface area contributed by atoms with Crippen molar-refractivity contribution in [2.75, 3.05) is 0 Å². The van der Waals surface area contributed by atoms with Gasteiger partial charge in [0, 0.05) is 0 Å².